The zero-order chi connectivity index (χ0) is 6.85. The van der Waals surface area contributed by atoms with E-state index in [4.69, 9.17) is 5.11 Å². The number of allylic oxidation sites excluding steroid dienone is 1. The van der Waals surface area contributed by atoms with E-state index in [9.17, 15) is 0 Å². The lowest BCUT2D eigenvalue weighted by molar-refractivity contribution is 0.228. The second kappa shape index (κ2) is 2.53. The van der Waals surface area contributed by atoms with Crippen molar-refractivity contribution < 1.29 is 5.11 Å². The summed E-state index contributed by atoms with van der Waals surface area (Å²) in [6, 6.07) is 0. The van der Waals surface area contributed by atoms with Crippen LogP contribution in [0.2, 0.25) is 0 Å². The fourth-order valence-corrected chi connectivity index (χ4v) is 1.48. The van der Waals surface area contributed by atoms with Crippen LogP contribution < -0.4 is 0 Å². The van der Waals surface area contributed by atoms with Crippen LogP contribution in [0.4, 0.5) is 0 Å². The smallest absolute Gasteiger partial charge is 0.0724 e. The highest BCUT2D eigenvalue weighted by atomic mass is 16.3. The van der Waals surface area contributed by atoms with Crippen LogP contribution >= 0.6 is 0 Å². The maximum absolute atomic E-state index is 9.16. The van der Waals surface area contributed by atoms with Crippen molar-refractivity contribution in [1.29, 1.82) is 0 Å². The molecule has 0 aromatic rings. The first-order chi connectivity index (χ1) is 4.22. The first kappa shape index (κ1) is 6.81. The minimum Gasteiger partial charge on any atom is -0.389 e. The van der Waals surface area contributed by atoms with Crippen LogP contribution in [0, 0.1) is 0 Å². The summed E-state index contributed by atoms with van der Waals surface area (Å²) >= 11 is 0. The Kier molecular flexibility index (Phi) is 1.91. The molecule has 0 aromatic carbocycles. The molecule has 0 saturated carbocycles. The van der Waals surface area contributed by atoms with E-state index in [1.807, 2.05) is 6.92 Å². The van der Waals surface area contributed by atoms with Crippen LogP contribution in [0.5, 0.6) is 0 Å². The highest BCUT2D eigenvalue weighted by Gasteiger charge is 2.13. The molecule has 0 aliphatic heterocycles. The molecule has 1 nitrogen and oxygen atoms in total. The predicted molar refractivity (Wildman–Crippen MR) is 38.2 cm³/mol. The van der Waals surface area contributed by atoms with Crippen molar-refractivity contribution in [2.75, 3.05) is 0 Å². The molecule has 9 heavy (non-hydrogen) atoms. The van der Waals surface area contributed by atoms with Crippen LogP contribution in [0.15, 0.2) is 11.1 Å². The number of hydrogen-bond acceptors (Lipinski definition) is 1. The van der Waals surface area contributed by atoms with Gasteiger partial charge >= 0.3 is 0 Å². The van der Waals surface area contributed by atoms with Gasteiger partial charge in [-0.3, -0.25) is 0 Å². The molecule has 0 radical (unpaired) electrons. The zero-order valence-corrected chi connectivity index (χ0v) is 6.15. The Morgan fingerprint density at radius 3 is 2.33 bits per heavy atom. The highest BCUT2D eigenvalue weighted by Crippen LogP contribution is 2.27. The zero-order valence-electron chi connectivity index (χ0n) is 6.15. The summed E-state index contributed by atoms with van der Waals surface area (Å²) in [6.45, 7) is 3.97. The molecule has 0 heterocycles. The van der Waals surface area contributed by atoms with Crippen molar-refractivity contribution in [3.05, 3.63) is 11.1 Å². The molecule has 0 unspecified atom stereocenters. The standard InChI is InChI=1S/C8H14O/c1-6-4-3-5-8(6)7(2)9/h7,9H,3-5H2,1-2H3/t7-/m1/s1. The van der Waals surface area contributed by atoms with E-state index < -0.39 is 0 Å². The summed E-state index contributed by atoms with van der Waals surface area (Å²) in [5.74, 6) is 0. The molecule has 0 spiro atoms. The van der Waals surface area contributed by atoms with Gasteiger partial charge in [0.2, 0.25) is 0 Å². The van der Waals surface area contributed by atoms with Gasteiger partial charge in [0.1, 0.15) is 0 Å². The van der Waals surface area contributed by atoms with E-state index in [1.165, 1.54) is 24.0 Å². The minimum absolute atomic E-state index is 0.201. The van der Waals surface area contributed by atoms with E-state index >= 15 is 0 Å². The lowest BCUT2D eigenvalue weighted by atomic mass is 10.1. The van der Waals surface area contributed by atoms with Crippen LogP contribution in [-0.4, -0.2) is 11.2 Å². The largest absolute Gasteiger partial charge is 0.389 e. The van der Waals surface area contributed by atoms with Gasteiger partial charge in [-0.15, -0.1) is 0 Å². The fourth-order valence-electron chi connectivity index (χ4n) is 1.48. The number of hydrogen-bond donors (Lipinski definition) is 1. The number of aliphatic hydroxyl groups is 1. The lowest BCUT2D eigenvalue weighted by Crippen LogP contribution is -2.02. The first-order valence-corrected chi connectivity index (χ1v) is 3.58. The third-order valence-corrected chi connectivity index (χ3v) is 2.05. The topological polar surface area (TPSA) is 20.2 Å². The summed E-state index contributed by atoms with van der Waals surface area (Å²) in [4.78, 5) is 0. The van der Waals surface area contributed by atoms with Crippen molar-refractivity contribution in [2.24, 2.45) is 0 Å². The Morgan fingerprint density at radius 1 is 1.44 bits per heavy atom. The fraction of sp³-hybridized carbons (Fsp3) is 0.750. The van der Waals surface area contributed by atoms with E-state index in [2.05, 4.69) is 6.92 Å². The van der Waals surface area contributed by atoms with E-state index in [1.54, 1.807) is 0 Å². The van der Waals surface area contributed by atoms with E-state index in [-0.39, 0.29) is 6.10 Å². The Labute approximate surface area is 56.4 Å². The molecule has 1 aliphatic rings. The van der Waals surface area contributed by atoms with E-state index in [0.29, 0.717) is 0 Å². The van der Waals surface area contributed by atoms with E-state index in [0.717, 1.165) is 6.42 Å². The maximum atomic E-state index is 9.16. The Hall–Kier alpha value is -0.300. The van der Waals surface area contributed by atoms with Crippen LogP contribution in [-0.2, 0) is 0 Å². The van der Waals surface area contributed by atoms with Crippen molar-refractivity contribution >= 4 is 0 Å². The highest BCUT2D eigenvalue weighted by molar-refractivity contribution is 5.20. The molecule has 0 fully saturated rings. The minimum atomic E-state index is -0.201. The molecule has 1 heteroatoms. The Balaban J connectivity index is 2.66. The maximum Gasteiger partial charge on any atom is 0.0724 e. The third-order valence-electron chi connectivity index (χ3n) is 2.05. The molecule has 52 valence electrons. The van der Waals surface area contributed by atoms with Gasteiger partial charge < -0.3 is 5.11 Å². The number of aliphatic hydroxyl groups excluding tert-OH is 1. The number of rotatable bonds is 1. The molecule has 1 aliphatic carbocycles. The summed E-state index contributed by atoms with van der Waals surface area (Å²) < 4.78 is 0. The predicted octanol–water partition coefficient (Wildman–Crippen LogP) is 1.87. The Morgan fingerprint density at radius 2 is 2.11 bits per heavy atom. The van der Waals surface area contributed by atoms with Crippen LogP contribution in [0.3, 0.4) is 0 Å². The van der Waals surface area contributed by atoms with Gasteiger partial charge in [-0.05, 0) is 38.7 Å². The van der Waals surface area contributed by atoms with Gasteiger partial charge in [-0.2, -0.15) is 0 Å². The molecule has 1 N–H and O–H groups in total. The molecule has 1 atom stereocenters. The van der Waals surface area contributed by atoms with Crippen molar-refractivity contribution in [1.82, 2.24) is 0 Å². The lowest BCUT2D eigenvalue weighted by Gasteiger charge is -2.05. The normalized spacial score (nSPS) is 23.0. The third kappa shape index (κ3) is 1.33. The van der Waals surface area contributed by atoms with Gasteiger partial charge in [-0.25, -0.2) is 0 Å². The SMILES string of the molecule is CC1=C([C@@H](C)O)CCC1. The van der Waals surface area contributed by atoms with Crippen molar-refractivity contribution in [3.63, 3.8) is 0 Å². The van der Waals surface area contributed by atoms with Gasteiger partial charge in [-0.1, -0.05) is 5.57 Å². The first-order valence-electron chi connectivity index (χ1n) is 3.58. The molecular weight excluding hydrogens is 112 g/mol. The molecular formula is C8H14O. The van der Waals surface area contributed by atoms with Crippen molar-refractivity contribution in [3.8, 4) is 0 Å². The molecule has 0 aromatic heterocycles. The second-order valence-corrected chi connectivity index (χ2v) is 2.84. The Bertz CT molecular complexity index is 134. The molecule has 0 amide bonds. The average Bonchev–Trinajstić information content (AvgIpc) is 2.13. The molecule has 0 saturated heterocycles. The summed E-state index contributed by atoms with van der Waals surface area (Å²) in [5.41, 5.74) is 2.68. The van der Waals surface area contributed by atoms with Crippen molar-refractivity contribution in [2.45, 2.75) is 39.2 Å². The molecule has 0 bridgehead atoms. The van der Waals surface area contributed by atoms with Gasteiger partial charge in [0.25, 0.3) is 0 Å². The average molecular weight is 126 g/mol. The summed E-state index contributed by atoms with van der Waals surface area (Å²) in [6.07, 6.45) is 3.35. The van der Waals surface area contributed by atoms with Crippen LogP contribution in [0.25, 0.3) is 0 Å². The summed E-state index contributed by atoms with van der Waals surface area (Å²) in [7, 11) is 0. The molecule has 1 rings (SSSR count). The van der Waals surface area contributed by atoms with Gasteiger partial charge in [0, 0.05) is 0 Å². The quantitative estimate of drug-likeness (QED) is 0.532. The second-order valence-electron chi connectivity index (χ2n) is 2.84. The van der Waals surface area contributed by atoms with Gasteiger partial charge in [0.15, 0.2) is 0 Å². The summed E-state index contributed by atoms with van der Waals surface area (Å²) in [5, 5.41) is 9.16. The monoisotopic (exact) mass is 126 g/mol. The van der Waals surface area contributed by atoms with Gasteiger partial charge in [0.05, 0.1) is 6.10 Å². The van der Waals surface area contributed by atoms with Crippen LogP contribution in [0.1, 0.15) is 33.1 Å².